The van der Waals surface area contributed by atoms with Gasteiger partial charge in [0.2, 0.25) is 5.91 Å². The molecule has 3 N–H and O–H groups in total. The van der Waals surface area contributed by atoms with Crippen molar-refractivity contribution in [1.82, 2.24) is 5.32 Å². The van der Waals surface area contributed by atoms with E-state index < -0.39 is 12.1 Å². The van der Waals surface area contributed by atoms with Gasteiger partial charge in [0.15, 0.2) is 0 Å². The summed E-state index contributed by atoms with van der Waals surface area (Å²) in [5.74, 6) is -0.0278. The average Bonchev–Trinajstić information content (AvgIpc) is 3.44. The first kappa shape index (κ1) is 76.3. The molecule has 6 nitrogen and oxygen atoms in total. The van der Waals surface area contributed by atoms with Gasteiger partial charge in [0.25, 0.3) is 0 Å². The molecule has 2 unspecified atom stereocenters. The van der Waals surface area contributed by atoms with Crippen molar-refractivity contribution in [2.75, 3.05) is 13.2 Å². The van der Waals surface area contributed by atoms with Crippen LogP contribution in [0.5, 0.6) is 0 Å². The van der Waals surface area contributed by atoms with Crippen LogP contribution in [0.15, 0.2) is 24.3 Å². The minimum atomic E-state index is -0.667. The third kappa shape index (κ3) is 63.5. The van der Waals surface area contributed by atoms with E-state index in [-0.39, 0.29) is 18.5 Å². The van der Waals surface area contributed by atoms with Crippen molar-refractivity contribution >= 4 is 11.9 Å². The van der Waals surface area contributed by atoms with E-state index in [0.29, 0.717) is 25.9 Å². The summed E-state index contributed by atoms with van der Waals surface area (Å²) in [6.45, 7) is 4.97. The summed E-state index contributed by atoms with van der Waals surface area (Å²) in [5, 5.41) is 23.4. The number of hydrogen-bond donors (Lipinski definition) is 3. The molecule has 0 aliphatic rings. The number of amides is 1. The molecule has 0 aromatic rings. The van der Waals surface area contributed by atoms with E-state index in [9.17, 15) is 19.8 Å². The van der Waals surface area contributed by atoms with Crippen molar-refractivity contribution in [2.45, 2.75) is 411 Å². The Hall–Kier alpha value is -1.66. The molecule has 0 radical (unpaired) electrons. The highest BCUT2D eigenvalue weighted by Crippen LogP contribution is 2.19. The summed E-state index contributed by atoms with van der Waals surface area (Å²) in [5.41, 5.74) is 0. The average molecular weight is 1100 g/mol. The quantitative estimate of drug-likeness (QED) is 0.0320. The Kier molecular flexibility index (Phi) is 66.4. The lowest BCUT2D eigenvalue weighted by molar-refractivity contribution is -0.143. The lowest BCUT2D eigenvalue weighted by Crippen LogP contribution is -2.45. The highest BCUT2D eigenvalue weighted by molar-refractivity contribution is 5.76. The molecular formula is C72H139NO5. The van der Waals surface area contributed by atoms with Crippen LogP contribution in [-0.2, 0) is 14.3 Å². The summed E-state index contributed by atoms with van der Waals surface area (Å²) in [6.07, 6.45) is 85.0. The first-order valence-electron chi connectivity index (χ1n) is 35.6. The van der Waals surface area contributed by atoms with E-state index in [1.807, 2.05) is 0 Å². The monoisotopic (exact) mass is 1100 g/mol. The normalized spacial score (nSPS) is 12.6. The van der Waals surface area contributed by atoms with Crippen LogP contribution < -0.4 is 5.32 Å². The summed E-state index contributed by atoms with van der Waals surface area (Å²) >= 11 is 0. The number of allylic oxidation sites excluding steroid dienone is 4. The first-order chi connectivity index (χ1) is 38.5. The highest BCUT2D eigenvalue weighted by Gasteiger charge is 2.20. The Bertz CT molecular complexity index is 1220. The molecule has 1 amide bonds. The molecule has 78 heavy (non-hydrogen) atoms. The van der Waals surface area contributed by atoms with Crippen molar-refractivity contribution in [3.8, 4) is 0 Å². The van der Waals surface area contributed by atoms with Gasteiger partial charge in [0, 0.05) is 12.8 Å². The molecule has 0 aromatic heterocycles. The third-order valence-electron chi connectivity index (χ3n) is 16.8. The van der Waals surface area contributed by atoms with Crippen LogP contribution in [0.4, 0.5) is 0 Å². The minimum absolute atomic E-state index is 0.00447. The summed E-state index contributed by atoms with van der Waals surface area (Å²) in [7, 11) is 0. The second-order valence-corrected chi connectivity index (χ2v) is 24.6. The van der Waals surface area contributed by atoms with Crippen molar-refractivity contribution in [2.24, 2.45) is 0 Å². The predicted molar refractivity (Wildman–Crippen MR) is 343 cm³/mol. The third-order valence-corrected chi connectivity index (χ3v) is 16.8. The van der Waals surface area contributed by atoms with Crippen molar-refractivity contribution in [3.63, 3.8) is 0 Å². The fourth-order valence-electron chi connectivity index (χ4n) is 11.3. The van der Waals surface area contributed by atoms with Gasteiger partial charge in [-0.25, -0.2) is 0 Å². The Balaban J connectivity index is 3.39. The number of ether oxygens (including phenoxy) is 1. The van der Waals surface area contributed by atoms with Crippen LogP contribution in [0.1, 0.15) is 399 Å². The smallest absolute Gasteiger partial charge is 0.305 e. The minimum Gasteiger partial charge on any atom is -0.466 e. The summed E-state index contributed by atoms with van der Waals surface area (Å²) in [6, 6.07) is -0.544. The SMILES string of the molecule is CCCCCC/C=C\C/C=C\CCCCCCCCCC(=O)OCCCCCCCCCCCCCCCCCCCCCCC(=O)NC(CO)C(O)CCCCCCCCCCCCCCCCCCCCCCCCC. The van der Waals surface area contributed by atoms with Gasteiger partial charge in [0.05, 0.1) is 25.4 Å². The molecule has 0 aliphatic carbocycles. The number of rotatable bonds is 67. The van der Waals surface area contributed by atoms with Crippen LogP contribution in [0.25, 0.3) is 0 Å². The molecular weight excluding hydrogens is 959 g/mol. The molecule has 2 atom stereocenters. The number of unbranched alkanes of at least 4 members (excludes halogenated alkanes) is 52. The maximum absolute atomic E-state index is 12.6. The van der Waals surface area contributed by atoms with Crippen molar-refractivity contribution in [1.29, 1.82) is 0 Å². The van der Waals surface area contributed by atoms with Gasteiger partial charge in [0.1, 0.15) is 0 Å². The number of esters is 1. The van der Waals surface area contributed by atoms with Gasteiger partial charge in [-0.2, -0.15) is 0 Å². The first-order valence-corrected chi connectivity index (χ1v) is 35.6. The molecule has 0 heterocycles. The van der Waals surface area contributed by atoms with Gasteiger partial charge in [-0.3, -0.25) is 9.59 Å². The zero-order valence-corrected chi connectivity index (χ0v) is 52.9. The molecule has 6 heteroatoms. The zero-order chi connectivity index (χ0) is 56.4. The van der Waals surface area contributed by atoms with E-state index in [1.165, 1.54) is 315 Å². The van der Waals surface area contributed by atoms with Gasteiger partial charge < -0.3 is 20.3 Å². The molecule has 0 saturated carbocycles. The molecule has 0 saturated heterocycles. The van der Waals surface area contributed by atoms with Crippen LogP contribution in [0.3, 0.4) is 0 Å². The van der Waals surface area contributed by atoms with Gasteiger partial charge in [-0.15, -0.1) is 0 Å². The largest absolute Gasteiger partial charge is 0.466 e. The van der Waals surface area contributed by atoms with Gasteiger partial charge >= 0.3 is 5.97 Å². The number of nitrogens with one attached hydrogen (secondary N) is 1. The standard InChI is InChI=1S/C72H139NO5/c1-3-5-7-9-11-13-15-17-19-21-23-24-25-26-29-32-36-40-44-48-52-56-60-64-70(75)69(68-74)73-71(76)65-61-57-53-49-45-41-37-33-30-27-28-31-35-39-43-47-51-55-59-63-67-78-72(77)66-62-58-54-50-46-42-38-34-22-20-18-16-14-12-10-8-6-4-2/h14,16,20,22,69-70,74-75H,3-13,15,17-19,21,23-68H2,1-2H3,(H,73,76)/b16-14-,22-20-. The van der Waals surface area contributed by atoms with Gasteiger partial charge in [-0.05, 0) is 57.8 Å². The second kappa shape index (κ2) is 67.8. The molecule has 0 fully saturated rings. The fourth-order valence-corrected chi connectivity index (χ4v) is 11.3. The zero-order valence-electron chi connectivity index (χ0n) is 52.9. The maximum Gasteiger partial charge on any atom is 0.305 e. The van der Waals surface area contributed by atoms with E-state index in [4.69, 9.17) is 4.74 Å². The summed E-state index contributed by atoms with van der Waals surface area (Å²) < 4.78 is 5.50. The molecule has 0 spiro atoms. The molecule has 0 aliphatic heterocycles. The molecule has 0 rings (SSSR count). The number of aliphatic hydroxyl groups is 2. The van der Waals surface area contributed by atoms with Crippen LogP contribution in [0, 0.1) is 0 Å². The van der Waals surface area contributed by atoms with Crippen molar-refractivity contribution < 1.29 is 24.5 Å². The summed E-state index contributed by atoms with van der Waals surface area (Å²) in [4.78, 5) is 24.7. The topological polar surface area (TPSA) is 95.9 Å². The van der Waals surface area contributed by atoms with Crippen LogP contribution >= 0.6 is 0 Å². The molecule has 462 valence electrons. The van der Waals surface area contributed by atoms with E-state index in [1.54, 1.807) is 0 Å². The number of aliphatic hydroxyl groups excluding tert-OH is 2. The number of hydrogen-bond acceptors (Lipinski definition) is 5. The van der Waals surface area contributed by atoms with E-state index in [0.717, 1.165) is 51.4 Å². The van der Waals surface area contributed by atoms with Crippen LogP contribution in [0.2, 0.25) is 0 Å². The van der Waals surface area contributed by atoms with Crippen molar-refractivity contribution in [3.05, 3.63) is 24.3 Å². The Morgan fingerprint density at radius 1 is 0.359 bits per heavy atom. The van der Waals surface area contributed by atoms with Gasteiger partial charge in [-0.1, -0.05) is 353 Å². The molecule has 0 bridgehead atoms. The lowest BCUT2D eigenvalue weighted by Gasteiger charge is -2.22. The fraction of sp³-hybridized carbons (Fsp3) is 0.917. The van der Waals surface area contributed by atoms with Crippen LogP contribution in [-0.4, -0.2) is 47.4 Å². The number of carbonyl (C=O) groups is 2. The Morgan fingerprint density at radius 2 is 0.641 bits per heavy atom. The van der Waals surface area contributed by atoms with E-state index in [2.05, 4.69) is 43.5 Å². The lowest BCUT2D eigenvalue weighted by atomic mass is 10.0. The Labute approximate surface area is 488 Å². The predicted octanol–water partition coefficient (Wildman–Crippen LogP) is 22.9. The highest BCUT2D eigenvalue weighted by atomic mass is 16.5. The molecule has 0 aromatic carbocycles. The maximum atomic E-state index is 12.6. The Morgan fingerprint density at radius 3 is 0.987 bits per heavy atom. The van der Waals surface area contributed by atoms with E-state index >= 15 is 0 Å². The number of carbonyl (C=O) groups excluding carboxylic acids is 2. The second-order valence-electron chi connectivity index (χ2n) is 24.6.